The van der Waals surface area contributed by atoms with Gasteiger partial charge in [-0.3, -0.25) is 4.79 Å². The number of carbonyl (C=O) groups is 1. The van der Waals surface area contributed by atoms with Crippen molar-refractivity contribution < 1.29 is 9.53 Å². The van der Waals surface area contributed by atoms with Crippen LogP contribution in [0.2, 0.25) is 0 Å². The number of rotatable bonds is 7. The van der Waals surface area contributed by atoms with Gasteiger partial charge in [-0.2, -0.15) is 0 Å². The number of benzene rings is 1. The second-order valence-electron chi connectivity index (χ2n) is 5.97. The summed E-state index contributed by atoms with van der Waals surface area (Å²) in [5, 5.41) is 6.28. The van der Waals surface area contributed by atoms with Crippen LogP contribution in [0.4, 0.5) is 0 Å². The minimum atomic E-state index is -0.0920. The molecule has 0 bridgehead atoms. The summed E-state index contributed by atoms with van der Waals surface area (Å²) >= 11 is 0. The van der Waals surface area contributed by atoms with Crippen LogP contribution in [0.1, 0.15) is 37.3 Å². The highest BCUT2D eigenvalue weighted by Gasteiger charge is 2.25. The van der Waals surface area contributed by atoms with Crippen molar-refractivity contribution in [2.24, 2.45) is 5.92 Å². The van der Waals surface area contributed by atoms with Gasteiger partial charge in [0, 0.05) is 26.2 Å². The number of carbonyl (C=O) groups excluding carboxylic acids is 1. The maximum Gasteiger partial charge on any atom is 0.228 e. The Bertz CT molecular complexity index is 460. The third kappa shape index (κ3) is 4.83. The van der Waals surface area contributed by atoms with E-state index in [2.05, 4.69) is 36.6 Å². The fourth-order valence-corrected chi connectivity index (χ4v) is 2.52. The van der Waals surface area contributed by atoms with Crippen molar-refractivity contribution in [1.29, 1.82) is 0 Å². The molecular weight excluding hydrogens is 264 g/mol. The van der Waals surface area contributed by atoms with E-state index in [1.807, 2.05) is 12.1 Å². The van der Waals surface area contributed by atoms with Crippen LogP contribution >= 0.6 is 0 Å². The van der Waals surface area contributed by atoms with Crippen molar-refractivity contribution in [3.8, 4) is 0 Å². The molecule has 1 aliphatic heterocycles. The van der Waals surface area contributed by atoms with E-state index < -0.39 is 0 Å². The monoisotopic (exact) mass is 290 g/mol. The van der Waals surface area contributed by atoms with E-state index in [0.29, 0.717) is 25.6 Å². The van der Waals surface area contributed by atoms with E-state index in [-0.39, 0.29) is 11.8 Å². The second kappa shape index (κ2) is 8.15. The van der Waals surface area contributed by atoms with Gasteiger partial charge in [0.15, 0.2) is 0 Å². The van der Waals surface area contributed by atoms with E-state index >= 15 is 0 Å². The summed E-state index contributed by atoms with van der Waals surface area (Å²) < 4.78 is 5.52. The predicted octanol–water partition coefficient (Wildman–Crippen LogP) is 2.05. The van der Waals surface area contributed by atoms with Crippen LogP contribution in [0.25, 0.3) is 0 Å². The van der Waals surface area contributed by atoms with Crippen molar-refractivity contribution in [3.63, 3.8) is 0 Å². The van der Waals surface area contributed by atoms with E-state index in [1.54, 1.807) is 0 Å². The lowest BCUT2D eigenvalue weighted by molar-refractivity contribution is -0.122. The molecule has 2 N–H and O–H groups in total. The highest BCUT2D eigenvalue weighted by Crippen LogP contribution is 2.23. The number of nitrogens with one attached hydrogen (secondary N) is 2. The van der Waals surface area contributed by atoms with Crippen LogP contribution in [-0.4, -0.2) is 32.2 Å². The molecule has 4 nitrogen and oxygen atoms in total. The molecule has 1 amide bonds. The van der Waals surface area contributed by atoms with Gasteiger partial charge in [-0.15, -0.1) is 0 Å². The SMILES string of the molecule is CC(C)CCOCCNC(=O)C1CNCc2ccccc21. The average Bonchev–Trinajstić information content (AvgIpc) is 2.49. The van der Waals surface area contributed by atoms with Crippen molar-refractivity contribution in [3.05, 3.63) is 35.4 Å². The van der Waals surface area contributed by atoms with Crippen LogP contribution < -0.4 is 10.6 Å². The topological polar surface area (TPSA) is 50.4 Å². The zero-order valence-corrected chi connectivity index (χ0v) is 13.0. The standard InChI is InChI=1S/C17H26N2O2/c1-13(2)7-9-21-10-8-19-17(20)16-12-18-11-14-5-3-4-6-15(14)16/h3-6,13,16,18H,7-12H2,1-2H3,(H,19,20). The van der Waals surface area contributed by atoms with E-state index in [9.17, 15) is 4.79 Å². The van der Waals surface area contributed by atoms with Gasteiger partial charge >= 0.3 is 0 Å². The fourth-order valence-electron chi connectivity index (χ4n) is 2.52. The van der Waals surface area contributed by atoms with Crippen molar-refractivity contribution >= 4 is 5.91 Å². The molecular formula is C17H26N2O2. The third-order valence-electron chi connectivity index (χ3n) is 3.80. The first-order valence-electron chi connectivity index (χ1n) is 7.82. The number of fused-ring (bicyclic) bond motifs is 1. The zero-order chi connectivity index (χ0) is 15.1. The lowest BCUT2D eigenvalue weighted by Crippen LogP contribution is -2.39. The van der Waals surface area contributed by atoms with Crippen molar-refractivity contribution in [2.45, 2.75) is 32.7 Å². The summed E-state index contributed by atoms with van der Waals surface area (Å²) in [5.41, 5.74) is 2.37. The number of ether oxygens (including phenoxy) is 1. The molecule has 1 atom stereocenters. The van der Waals surface area contributed by atoms with Crippen molar-refractivity contribution in [2.75, 3.05) is 26.3 Å². The molecule has 1 aromatic carbocycles. The molecule has 1 aliphatic rings. The molecule has 4 heteroatoms. The minimum Gasteiger partial charge on any atom is -0.380 e. The first kappa shape index (κ1) is 16.0. The maximum absolute atomic E-state index is 12.3. The predicted molar refractivity (Wildman–Crippen MR) is 84.2 cm³/mol. The summed E-state index contributed by atoms with van der Waals surface area (Å²) in [6.45, 7) is 7.84. The molecule has 0 aromatic heterocycles. The lowest BCUT2D eigenvalue weighted by Gasteiger charge is -2.25. The third-order valence-corrected chi connectivity index (χ3v) is 3.80. The Hall–Kier alpha value is -1.39. The average molecular weight is 290 g/mol. The van der Waals surface area contributed by atoms with Gasteiger partial charge in [-0.05, 0) is 23.5 Å². The van der Waals surface area contributed by atoms with Gasteiger partial charge in [0.1, 0.15) is 0 Å². The first-order valence-corrected chi connectivity index (χ1v) is 7.82. The largest absolute Gasteiger partial charge is 0.380 e. The van der Waals surface area contributed by atoms with Gasteiger partial charge in [0.05, 0.1) is 12.5 Å². The molecule has 116 valence electrons. The number of amides is 1. The highest BCUT2D eigenvalue weighted by atomic mass is 16.5. The van der Waals surface area contributed by atoms with Gasteiger partial charge < -0.3 is 15.4 Å². The molecule has 1 unspecified atom stereocenters. The first-order chi connectivity index (χ1) is 10.2. The molecule has 0 saturated carbocycles. The molecule has 0 radical (unpaired) electrons. The maximum atomic E-state index is 12.3. The Morgan fingerprint density at radius 2 is 2.19 bits per heavy atom. The lowest BCUT2D eigenvalue weighted by atomic mass is 9.90. The van der Waals surface area contributed by atoms with Crippen LogP contribution in [0.3, 0.4) is 0 Å². The summed E-state index contributed by atoms with van der Waals surface area (Å²) in [6, 6.07) is 8.15. The van der Waals surface area contributed by atoms with E-state index in [1.165, 1.54) is 5.56 Å². The Morgan fingerprint density at radius 3 is 3.00 bits per heavy atom. The normalized spacial score (nSPS) is 17.6. The van der Waals surface area contributed by atoms with Crippen LogP contribution in [0, 0.1) is 5.92 Å². The Balaban J connectivity index is 1.74. The summed E-state index contributed by atoms with van der Waals surface area (Å²) in [7, 11) is 0. The zero-order valence-electron chi connectivity index (χ0n) is 13.0. The van der Waals surface area contributed by atoms with Gasteiger partial charge in [-0.25, -0.2) is 0 Å². The van der Waals surface area contributed by atoms with E-state index in [0.717, 1.165) is 25.1 Å². The van der Waals surface area contributed by atoms with E-state index in [4.69, 9.17) is 4.74 Å². The van der Waals surface area contributed by atoms with Crippen molar-refractivity contribution in [1.82, 2.24) is 10.6 Å². The molecule has 0 saturated heterocycles. The fraction of sp³-hybridized carbons (Fsp3) is 0.588. The highest BCUT2D eigenvalue weighted by molar-refractivity contribution is 5.84. The molecule has 1 heterocycles. The smallest absolute Gasteiger partial charge is 0.228 e. The molecule has 1 aromatic rings. The second-order valence-corrected chi connectivity index (χ2v) is 5.97. The quantitative estimate of drug-likeness (QED) is 0.756. The number of hydrogen-bond donors (Lipinski definition) is 2. The molecule has 21 heavy (non-hydrogen) atoms. The van der Waals surface area contributed by atoms with Gasteiger partial charge in [-0.1, -0.05) is 38.1 Å². The summed E-state index contributed by atoms with van der Waals surface area (Å²) in [5.74, 6) is 0.650. The van der Waals surface area contributed by atoms with Crippen LogP contribution in [0.5, 0.6) is 0 Å². The minimum absolute atomic E-state index is 0.0853. The van der Waals surface area contributed by atoms with Crippen LogP contribution in [-0.2, 0) is 16.1 Å². The summed E-state index contributed by atoms with van der Waals surface area (Å²) in [4.78, 5) is 12.3. The Labute approximate surface area is 127 Å². The van der Waals surface area contributed by atoms with Gasteiger partial charge in [0.25, 0.3) is 0 Å². The molecule has 0 aliphatic carbocycles. The summed E-state index contributed by atoms with van der Waals surface area (Å²) in [6.07, 6.45) is 1.06. The number of hydrogen-bond acceptors (Lipinski definition) is 3. The van der Waals surface area contributed by atoms with Gasteiger partial charge in [0.2, 0.25) is 5.91 Å². The van der Waals surface area contributed by atoms with Crippen LogP contribution in [0.15, 0.2) is 24.3 Å². The molecule has 0 spiro atoms. The molecule has 0 fully saturated rings. The Morgan fingerprint density at radius 1 is 1.38 bits per heavy atom. The Kier molecular flexibility index (Phi) is 6.21. The molecule has 2 rings (SSSR count).